The average Bonchev–Trinajstić information content (AvgIpc) is 2.57. The predicted octanol–water partition coefficient (Wildman–Crippen LogP) is -0.651. The monoisotopic (exact) mass is 373 g/mol. The summed E-state index contributed by atoms with van der Waals surface area (Å²) in [6.45, 7) is 12.8. The zero-order valence-corrected chi connectivity index (χ0v) is 16.9. The molecule has 2 atom stereocenters. The van der Waals surface area contributed by atoms with Gasteiger partial charge in [-0.1, -0.05) is 13.8 Å². The zero-order chi connectivity index (χ0) is 19.9. The van der Waals surface area contributed by atoms with Crippen LogP contribution in [0, 0.1) is 0 Å². The quantitative estimate of drug-likeness (QED) is 0.164. The minimum atomic E-state index is -0.481. The van der Waals surface area contributed by atoms with E-state index in [4.69, 9.17) is 11.5 Å². The molecule has 0 aliphatic carbocycles. The molecule has 0 rings (SSSR count). The maximum atomic E-state index is 9.55. The molecule has 0 aliphatic heterocycles. The molecule has 154 valence electrons. The summed E-state index contributed by atoms with van der Waals surface area (Å²) >= 11 is 0. The molecular formula is C17H39N7O2. The van der Waals surface area contributed by atoms with E-state index in [0.29, 0.717) is 32.7 Å². The fourth-order valence-corrected chi connectivity index (χ4v) is 2.38. The van der Waals surface area contributed by atoms with E-state index in [2.05, 4.69) is 34.0 Å². The summed E-state index contributed by atoms with van der Waals surface area (Å²) in [5.74, 6) is 0.430. The summed E-state index contributed by atoms with van der Waals surface area (Å²) < 4.78 is 0. The van der Waals surface area contributed by atoms with Crippen LogP contribution in [0.1, 0.15) is 40.5 Å². The third-order valence-electron chi connectivity index (χ3n) is 3.89. The Balaban J connectivity index is 4.33. The van der Waals surface area contributed by atoms with Crippen LogP contribution in [0.3, 0.4) is 0 Å². The van der Waals surface area contributed by atoms with Crippen molar-refractivity contribution in [1.82, 2.24) is 15.1 Å². The number of aliphatic hydroxyl groups is 2. The molecule has 9 nitrogen and oxygen atoms in total. The highest BCUT2D eigenvalue weighted by atomic mass is 16.3. The molecule has 0 radical (unpaired) electrons. The van der Waals surface area contributed by atoms with Crippen LogP contribution in [-0.2, 0) is 0 Å². The van der Waals surface area contributed by atoms with Gasteiger partial charge in [-0.25, -0.2) is 4.99 Å². The number of hydrogen-bond acceptors (Lipinski definition) is 6. The van der Waals surface area contributed by atoms with Gasteiger partial charge >= 0.3 is 0 Å². The third-order valence-corrected chi connectivity index (χ3v) is 3.89. The Labute approximate surface area is 158 Å². The minimum absolute atomic E-state index is 0.183. The summed E-state index contributed by atoms with van der Waals surface area (Å²) in [7, 11) is 0. The van der Waals surface area contributed by atoms with Crippen molar-refractivity contribution in [2.24, 2.45) is 21.5 Å². The van der Waals surface area contributed by atoms with E-state index in [0.717, 1.165) is 26.1 Å². The van der Waals surface area contributed by atoms with Gasteiger partial charge in [0.15, 0.2) is 11.9 Å². The van der Waals surface area contributed by atoms with Crippen molar-refractivity contribution >= 4 is 11.9 Å². The van der Waals surface area contributed by atoms with Crippen LogP contribution in [0.2, 0.25) is 0 Å². The molecule has 2 unspecified atom stereocenters. The highest BCUT2D eigenvalue weighted by molar-refractivity contribution is 5.96. The van der Waals surface area contributed by atoms with Crippen LogP contribution >= 0.6 is 0 Å². The maximum Gasteiger partial charge on any atom is 0.196 e. The van der Waals surface area contributed by atoms with Crippen LogP contribution in [0.25, 0.3) is 0 Å². The molecule has 0 bridgehead atoms. The lowest BCUT2D eigenvalue weighted by molar-refractivity contribution is 0.109. The molecule has 0 amide bonds. The first-order chi connectivity index (χ1) is 12.3. The van der Waals surface area contributed by atoms with Gasteiger partial charge in [-0.15, -0.1) is 0 Å². The van der Waals surface area contributed by atoms with Gasteiger partial charge in [0.1, 0.15) is 0 Å². The second kappa shape index (κ2) is 14.7. The first-order valence-electron chi connectivity index (χ1n) is 9.46. The molecule has 0 aromatic heterocycles. The molecule has 0 aromatic carbocycles. The lowest BCUT2D eigenvalue weighted by atomic mass is 10.2. The van der Waals surface area contributed by atoms with Crippen LogP contribution in [0.4, 0.5) is 0 Å². The number of nitrogens with one attached hydrogen (secondary N) is 1. The second-order valence-electron chi connectivity index (χ2n) is 6.52. The fourth-order valence-electron chi connectivity index (χ4n) is 2.38. The Hall–Kier alpha value is -1.42. The van der Waals surface area contributed by atoms with Gasteiger partial charge in [-0.2, -0.15) is 0 Å². The summed E-state index contributed by atoms with van der Waals surface area (Å²) in [6, 6.07) is 0. The van der Waals surface area contributed by atoms with Gasteiger partial charge in [-0.05, 0) is 46.3 Å². The van der Waals surface area contributed by atoms with Crippen LogP contribution in [0.15, 0.2) is 9.98 Å². The minimum Gasteiger partial charge on any atom is -0.393 e. The Kier molecular flexibility index (Phi) is 13.9. The van der Waals surface area contributed by atoms with Crippen LogP contribution in [-0.4, -0.2) is 90.1 Å². The average molecular weight is 374 g/mol. The molecule has 0 aromatic rings. The van der Waals surface area contributed by atoms with E-state index >= 15 is 0 Å². The van der Waals surface area contributed by atoms with Crippen molar-refractivity contribution in [3.8, 4) is 0 Å². The Bertz CT molecular complexity index is 410. The maximum absolute atomic E-state index is 9.55. The Morgan fingerprint density at radius 3 is 2.12 bits per heavy atom. The van der Waals surface area contributed by atoms with Gasteiger partial charge in [-0.3, -0.25) is 15.2 Å². The van der Waals surface area contributed by atoms with Crippen molar-refractivity contribution in [3.05, 3.63) is 0 Å². The fraction of sp³-hybridized carbons (Fsp3) is 0.882. The van der Waals surface area contributed by atoms with Gasteiger partial charge < -0.3 is 26.6 Å². The summed E-state index contributed by atoms with van der Waals surface area (Å²) in [6.07, 6.45) is 0.657. The lowest BCUT2D eigenvalue weighted by Gasteiger charge is -2.22. The van der Waals surface area contributed by atoms with Crippen molar-refractivity contribution < 1.29 is 10.2 Å². The molecule has 0 saturated heterocycles. The number of nitrogens with zero attached hydrogens (tertiary/aromatic N) is 4. The first kappa shape index (κ1) is 24.6. The summed E-state index contributed by atoms with van der Waals surface area (Å²) in [5.41, 5.74) is 11.7. The number of nitrogens with two attached hydrogens (primary N) is 2. The number of guanidine groups is 2. The largest absolute Gasteiger partial charge is 0.393 e. The molecule has 0 heterocycles. The lowest BCUT2D eigenvalue weighted by Crippen LogP contribution is -2.43. The van der Waals surface area contributed by atoms with Crippen molar-refractivity contribution in [2.45, 2.75) is 52.7 Å². The van der Waals surface area contributed by atoms with Crippen molar-refractivity contribution in [1.29, 1.82) is 0 Å². The van der Waals surface area contributed by atoms with Gasteiger partial charge in [0.05, 0.1) is 18.9 Å². The van der Waals surface area contributed by atoms with Gasteiger partial charge in [0.25, 0.3) is 0 Å². The topological polar surface area (TPSA) is 136 Å². The van der Waals surface area contributed by atoms with Gasteiger partial charge in [0, 0.05) is 19.6 Å². The number of rotatable bonds is 13. The Morgan fingerprint density at radius 2 is 1.58 bits per heavy atom. The molecule has 0 spiro atoms. The number of aliphatic hydroxyl groups excluding tert-OH is 2. The third kappa shape index (κ3) is 13.8. The van der Waals surface area contributed by atoms with Crippen LogP contribution < -0.4 is 16.8 Å². The van der Waals surface area contributed by atoms with Crippen LogP contribution in [0.5, 0.6) is 0 Å². The zero-order valence-electron chi connectivity index (χ0n) is 16.9. The Morgan fingerprint density at radius 1 is 0.962 bits per heavy atom. The molecule has 0 aliphatic rings. The van der Waals surface area contributed by atoms with Crippen molar-refractivity contribution in [3.63, 3.8) is 0 Å². The molecule has 7 N–H and O–H groups in total. The van der Waals surface area contributed by atoms with E-state index in [1.165, 1.54) is 0 Å². The molecule has 9 heteroatoms. The number of aliphatic imine (C=N–C) groups is 2. The van der Waals surface area contributed by atoms with Crippen molar-refractivity contribution in [2.75, 3.05) is 45.9 Å². The predicted molar refractivity (Wildman–Crippen MR) is 108 cm³/mol. The van der Waals surface area contributed by atoms with E-state index in [-0.39, 0.29) is 11.9 Å². The van der Waals surface area contributed by atoms with E-state index < -0.39 is 12.2 Å². The smallest absolute Gasteiger partial charge is 0.196 e. The highest BCUT2D eigenvalue weighted by Crippen LogP contribution is 1.98. The number of hydrogen-bond donors (Lipinski definition) is 5. The molecular weight excluding hydrogens is 334 g/mol. The molecule has 0 saturated carbocycles. The second-order valence-corrected chi connectivity index (χ2v) is 6.52. The SMILES string of the molecule is CCN(CC)CCCN=C(N)N/C(N)=N\CN(CCC(C)O)CC(C)O. The molecule has 0 fully saturated rings. The van der Waals surface area contributed by atoms with E-state index in [1.54, 1.807) is 13.8 Å². The standard InChI is InChI=1S/C17H39N7O2/c1-5-23(6-2)10-7-9-20-16(18)22-17(19)21-13-24(12-15(4)26)11-8-14(3)25/h14-15,25-26H,5-13H2,1-4H3,(H5,18,19,20,21,22). The molecule has 26 heavy (non-hydrogen) atoms. The van der Waals surface area contributed by atoms with E-state index in [9.17, 15) is 10.2 Å². The van der Waals surface area contributed by atoms with E-state index in [1.807, 2.05) is 4.90 Å². The normalized spacial score (nSPS) is 15.5. The van der Waals surface area contributed by atoms with Gasteiger partial charge in [0.2, 0.25) is 0 Å². The summed E-state index contributed by atoms with van der Waals surface area (Å²) in [4.78, 5) is 12.7. The highest BCUT2D eigenvalue weighted by Gasteiger charge is 2.09. The summed E-state index contributed by atoms with van der Waals surface area (Å²) in [5, 5.41) is 21.7. The first-order valence-corrected chi connectivity index (χ1v) is 9.46.